The van der Waals surface area contributed by atoms with Crippen molar-refractivity contribution in [3.8, 4) is 0 Å². The zero-order chi connectivity index (χ0) is 15.9. The second kappa shape index (κ2) is 7.73. The highest BCUT2D eigenvalue weighted by Gasteiger charge is 2.18. The van der Waals surface area contributed by atoms with Crippen LogP contribution in [-0.2, 0) is 11.3 Å². The maximum absolute atomic E-state index is 10.7. The molecule has 0 aliphatic carbocycles. The third kappa shape index (κ3) is 6.85. The molecule has 6 nitrogen and oxygen atoms in total. The SMILES string of the molecule is CC(C)(CCNCc1cccc([N+](=O)[O-])c1)CCC(=O)O. The molecule has 2 N–H and O–H groups in total. The predicted molar refractivity (Wildman–Crippen MR) is 80.1 cm³/mol. The first-order valence-electron chi connectivity index (χ1n) is 6.96. The zero-order valence-electron chi connectivity index (χ0n) is 12.5. The number of carboxylic acid groups (broad SMARTS) is 1. The summed E-state index contributed by atoms with van der Waals surface area (Å²) in [4.78, 5) is 20.9. The van der Waals surface area contributed by atoms with Crippen molar-refractivity contribution in [3.05, 3.63) is 39.9 Å². The zero-order valence-corrected chi connectivity index (χ0v) is 12.5. The quantitative estimate of drug-likeness (QED) is 0.415. The third-order valence-electron chi connectivity index (χ3n) is 3.44. The number of nitro groups is 1. The molecule has 1 aromatic carbocycles. The number of carboxylic acids is 1. The van der Waals surface area contributed by atoms with Gasteiger partial charge in [0.1, 0.15) is 0 Å². The maximum Gasteiger partial charge on any atom is 0.303 e. The molecule has 0 unspecified atom stereocenters. The van der Waals surface area contributed by atoms with Gasteiger partial charge in [0, 0.05) is 25.1 Å². The van der Waals surface area contributed by atoms with Crippen molar-refractivity contribution in [2.75, 3.05) is 6.54 Å². The number of carbonyl (C=O) groups is 1. The molecule has 0 aliphatic rings. The van der Waals surface area contributed by atoms with Crippen molar-refractivity contribution in [3.63, 3.8) is 0 Å². The van der Waals surface area contributed by atoms with Crippen LogP contribution in [0.15, 0.2) is 24.3 Å². The molecule has 0 saturated heterocycles. The Morgan fingerprint density at radius 1 is 1.38 bits per heavy atom. The fraction of sp³-hybridized carbons (Fsp3) is 0.533. The summed E-state index contributed by atoms with van der Waals surface area (Å²) in [5.74, 6) is -0.771. The molecule has 0 fully saturated rings. The van der Waals surface area contributed by atoms with Gasteiger partial charge in [0.15, 0.2) is 0 Å². The smallest absolute Gasteiger partial charge is 0.303 e. The van der Waals surface area contributed by atoms with E-state index in [0.29, 0.717) is 13.0 Å². The Morgan fingerprint density at radius 3 is 2.71 bits per heavy atom. The molecule has 1 aromatic rings. The van der Waals surface area contributed by atoms with Gasteiger partial charge >= 0.3 is 5.97 Å². The fourth-order valence-electron chi connectivity index (χ4n) is 2.01. The van der Waals surface area contributed by atoms with Gasteiger partial charge in [-0.15, -0.1) is 0 Å². The molecule has 21 heavy (non-hydrogen) atoms. The van der Waals surface area contributed by atoms with Crippen LogP contribution < -0.4 is 5.32 Å². The number of hydrogen-bond acceptors (Lipinski definition) is 4. The Morgan fingerprint density at radius 2 is 2.10 bits per heavy atom. The minimum Gasteiger partial charge on any atom is -0.481 e. The lowest BCUT2D eigenvalue weighted by atomic mass is 9.84. The highest BCUT2D eigenvalue weighted by molar-refractivity contribution is 5.66. The minimum absolute atomic E-state index is 0.0337. The first-order chi connectivity index (χ1) is 9.80. The molecular weight excluding hydrogens is 272 g/mol. The molecule has 0 aliphatic heterocycles. The maximum atomic E-state index is 10.7. The third-order valence-corrected chi connectivity index (χ3v) is 3.44. The molecule has 0 bridgehead atoms. The lowest BCUT2D eigenvalue weighted by Gasteiger charge is -2.23. The van der Waals surface area contributed by atoms with Crippen molar-refractivity contribution < 1.29 is 14.8 Å². The second-order valence-corrected chi connectivity index (χ2v) is 5.91. The summed E-state index contributed by atoms with van der Waals surface area (Å²) in [6.07, 6.45) is 1.67. The number of benzene rings is 1. The van der Waals surface area contributed by atoms with E-state index in [2.05, 4.69) is 5.32 Å². The van der Waals surface area contributed by atoms with Crippen LogP contribution in [0.4, 0.5) is 5.69 Å². The normalized spacial score (nSPS) is 11.3. The number of rotatable bonds is 9. The van der Waals surface area contributed by atoms with E-state index in [1.54, 1.807) is 12.1 Å². The topological polar surface area (TPSA) is 92.5 Å². The Labute approximate surface area is 124 Å². The van der Waals surface area contributed by atoms with E-state index in [4.69, 9.17) is 5.11 Å². The summed E-state index contributed by atoms with van der Waals surface area (Å²) in [6.45, 7) is 5.40. The Kier molecular flexibility index (Phi) is 6.30. The van der Waals surface area contributed by atoms with Crippen molar-refractivity contribution in [2.45, 2.75) is 39.7 Å². The number of nitrogens with zero attached hydrogens (tertiary/aromatic N) is 1. The summed E-state index contributed by atoms with van der Waals surface area (Å²) in [6, 6.07) is 6.54. The molecule has 0 spiro atoms. The van der Waals surface area contributed by atoms with Gasteiger partial charge in [0.2, 0.25) is 0 Å². The number of non-ortho nitro benzene ring substituents is 1. The molecule has 116 valence electrons. The van der Waals surface area contributed by atoms with Gasteiger partial charge < -0.3 is 10.4 Å². The van der Waals surface area contributed by atoms with E-state index in [1.807, 2.05) is 19.9 Å². The molecule has 0 radical (unpaired) electrons. The summed E-state index contributed by atoms with van der Waals surface area (Å²) in [5.41, 5.74) is 0.928. The number of nitrogens with one attached hydrogen (secondary N) is 1. The van der Waals surface area contributed by atoms with Crippen LogP contribution >= 0.6 is 0 Å². The van der Waals surface area contributed by atoms with Crippen LogP contribution in [0.3, 0.4) is 0 Å². The van der Waals surface area contributed by atoms with Crippen LogP contribution in [0.25, 0.3) is 0 Å². The largest absolute Gasteiger partial charge is 0.481 e. The highest BCUT2D eigenvalue weighted by Crippen LogP contribution is 2.26. The summed E-state index contributed by atoms with van der Waals surface area (Å²) in [5, 5.41) is 22.6. The van der Waals surface area contributed by atoms with E-state index < -0.39 is 10.9 Å². The first-order valence-corrected chi connectivity index (χ1v) is 6.96. The van der Waals surface area contributed by atoms with Crippen LogP contribution in [0.5, 0.6) is 0 Å². The van der Waals surface area contributed by atoms with Crippen molar-refractivity contribution >= 4 is 11.7 Å². The van der Waals surface area contributed by atoms with Crippen LogP contribution in [0.2, 0.25) is 0 Å². The number of aliphatic carboxylic acids is 1. The molecule has 0 atom stereocenters. The average molecular weight is 294 g/mol. The molecule has 0 amide bonds. The Hall–Kier alpha value is -1.95. The molecule has 1 rings (SSSR count). The van der Waals surface area contributed by atoms with Crippen molar-refractivity contribution in [1.82, 2.24) is 5.32 Å². The van der Waals surface area contributed by atoms with Crippen LogP contribution in [0, 0.1) is 15.5 Å². The van der Waals surface area contributed by atoms with Gasteiger partial charge in [-0.1, -0.05) is 26.0 Å². The molecule has 0 saturated carbocycles. The predicted octanol–water partition coefficient (Wildman–Crippen LogP) is 2.97. The number of nitro benzene ring substituents is 1. The number of hydrogen-bond donors (Lipinski definition) is 2. The van der Waals surface area contributed by atoms with Gasteiger partial charge in [-0.25, -0.2) is 0 Å². The molecular formula is C15H22N2O4. The monoisotopic (exact) mass is 294 g/mol. The summed E-state index contributed by atoms with van der Waals surface area (Å²) >= 11 is 0. The van der Waals surface area contributed by atoms with Gasteiger partial charge in [-0.3, -0.25) is 14.9 Å². The standard InChI is InChI=1S/C15H22N2O4/c1-15(2,7-6-14(18)19)8-9-16-11-12-4-3-5-13(10-12)17(20)21/h3-5,10,16H,6-9,11H2,1-2H3,(H,18,19). The summed E-state index contributed by atoms with van der Waals surface area (Å²) in [7, 11) is 0. The van der Waals surface area contributed by atoms with E-state index in [0.717, 1.165) is 18.5 Å². The van der Waals surface area contributed by atoms with Crippen molar-refractivity contribution in [1.29, 1.82) is 0 Å². The van der Waals surface area contributed by atoms with E-state index in [-0.39, 0.29) is 17.5 Å². The molecule has 0 aromatic heterocycles. The van der Waals surface area contributed by atoms with Gasteiger partial charge in [-0.2, -0.15) is 0 Å². The summed E-state index contributed by atoms with van der Waals surface area (Å²) < 4.78 is 0. The van der Waals surface area contributed by atoms with Crippen LogP contribution in [0.1, 0.15) is 38.7 Å². The first kappa shape index (κ1) is 17.1. The van der Waals surface area contributed by atoms with Gasteiger partial charge in [0.25, 0.3) is 5.69 Å². The lowest BCUT2D eigenvalue weighted by molar-refractivity contribution is -0.384. The Balaban J connectivity index is 2.35. The Bertz CT molecular complexity index is 500. The van der Waals surface area contributed by atoms with Crippen molar-refractivity contribution in [2.24, 2.45) is 5.41 Å². The second-order valence-electron chi connectivity index (χ2n) is 5.91. The van der Waals surface area contributed by atoms with Gasteiger partial charge in [-0.05, 0) is 30.4 Å². The minimum atomic E-state index is -0.771. The fourth-order valence-corrected chi connectivity index (χ4v) is 2.01. The molecule has 0 heterocycles. The van der Waals surface area contributed by atoms with E-state index in [9.17, 15) is 14.9 Å². The van der Waals surface area contributed by atoms with Crippen LogP contribution in [-0.4, -0.2) is 22.5 Å². The van der Waals surface area contributed by atoms with E-state index >= 15 is 0 Å². The highest BCUT2D eigenvalue weighted by atomic mass is 16.6. The van der Waals surface area contributed by atoms with Gasteiger partial charge in [0.05, 0.1) is 4.92 Å². The molecule has 6 heteroatoms. The lowest BCUT2D eigenvalue weighted by Crippen LogP contribution is -2.23. The van der Waals surface area contributed by atoms with E-state index in [1.165, 1.54) is 6.07 Å². The average Bonchev–Trinajstić information content (AvgIpc) is 2.42.